The fourth-order valence-electron chi connectivity index (χ4n) is 1.04. The molecule has 0 unspecified atom stereocenters. The van der Waals surface area contributed by atoms with Crippen LogP contribution in [0.4, 0.5) is 0 Å². The van der Waals surface area contributed by atoms with Gasteiger partial charge < -0.3 is 4.74 Å². The molecule has 0 aliphatic carbocycles. The van der Waals surface area contributed by atoms with Crippen LogP contribution in [0.2, 0.25) is 0 Å². The van der Waals surface area contributed by atoms with Crippen molar-refractivity contribution in [1.29, 1.82) is 0 Å². The molecule has 5 heteroatoms. The van der Waals surface area contributed by atoms with E-state index in [9.17, 15) is 4.79 Å². The Bertz CT molecular complexity index is 346. The Kier molecular flexibility index (Phi) is 5.11. The van der Waals surface area contributed by atoms with Crippen LogP contribution in [0.15, 0.2) is 22.9 Å². The largest absolute Gasteiger partial charge is 0.458 e. The first-order chi connectivity index (χ1) is 7.13. The lowest BCUT2D eigenvalue weighted by molar-refractivity contribution is 0.0385. The maximum atomic E-state index is 11.6. The molecule has 0 fully saturated rings. The molecule has 1 heterocycles. The highest BCUT2D eigenvalue weighted by Crippen LogP contribution is 2.12. The second-order valence-electron chi connectivity index (χ2n) is 3.06. The molecule has 1 aromatic rings. The Balaban J connectivity index is 2.61. The molecule has 1 atom stereocenters. The van der Waals surface area contributed by atoms with E-state index in [1.165, 1.54) is 6.20 Å². The number of hydrogen-bond acceptors (Lipinski definition) is 4. The Morgan fingerprint density at radius 3 is 3.00 bits per heavy atom. The first-order valence-electron chi connectivity index (χ1n) is 4.44. The van der Waals surface area contributed by atoms with Gasteiger partial charge in [0.25, 0.3) is 0 Å². The number of thioether (sulfide) groups is 1. The van der Waals surface area contributed by atoms with Crippen molar-refractivity contribution in [2.75, 3.05) is 12.0 Å². The highest BCUT2D eigenvalue weighted by atomic mass is 79.9. The van der Waals surface area contributed by atoms with E-state index in [1.54, 1.807) is 24.0 Å². The molecule has 1 rings (SSSR count). The van der Waals surface area contributed by atoms with E-state index >= 15 is 0 Å². The van der Waals surface area contributed by atoms with E-state index in [4.69, 9.17) is 4.74 Å². The Morgan fingerprint density at radius 1 is 1.67 bits per heavy atom. The number of carbonyl (C=O) groups excluding carboxylic acids is 1. The third-order valence-corrected chi connectivity index (χ3v) is 2.89. The predicted octanol–water partition coefficient (Wildman–Crippen LogP) is 2.75. The minimum atomic E-state index is -0.328. The normalized spacial score (nSPS) is 12.2. The summed E-state index contributed by atoms with van der Waals surface area (Å²) in [7, 11) is 0. The van der Waals surface area contributed by atoms with E-state index < -0.39 is 0 Å². The molecule has 0 radical (unpaired) electrons. The molecular formula is C10H12BrNO2S. The molecule has 3 nitrogen and oxygen atoms in total. The van der Waals surface area contributed by atoms with E-state index in [1.807, 2.05) is 13.2 Å². The van der Waals surface area contributed by atoms with Gasteiger partial charge in [0.05, 0.1) is 5.56 Å². The van der Waals surface area contributed by atoms with Gasteiger partial charge in [-0.3, -0.25) is 4.98 Å². The summed E-state index contributed by atoms with van der Waals surface area (Å²) in [4.78, 5) is 15.5. The van der Waals surface area contributed by atoms with Crippen LogP contribution in [0.5, 0.6) is 0 Å². The Labute approximate surface area is 102 Å². The number of halogens is 1. The molecule has 0 saturated heterocycles. The second-order valence-corrected chi connectivity index (χ2v) is 4.89. The number of ether oxygens (including phenoxy) is 1. The Morgan fingerprint density at radius 2 is 2.40 bits per heavy atom. The van der Waals surface area contributed by atoms with Crippen LogP contribution in [0.3, 0.4) is 0 Å². The molecule has 0 aliphatic rings. The third kappa shape index (κ3) is 4.22. The molecule has 82 valence electrons. The van der Waals surface area contributed by atoms with Crippen LogP contribution in [0.1, 0.15) is 17.3 Å². The van der Waals surface area contributed by atoms with Gasteiger partial charge in [-0.2, -0.15) is 11.8 Å². The summed E-state index contributed by atoms with van der Waals surface area (Å²) in [5, 5.41) is 0. The molecule has 1 aromatic heterocycles. The first-order valence-corrected chi connectivity index (χ1v) is 6.62. The lowest BCUT2D eigenvalue weighted by Crippen LogP contribution is -2.17. The van der Waals surface area contributed by atoms with Crippen LogP contribution in [-0.4, -0.2) is 29.1 Å². The standard InChI is InChI=1S/C10H12BrNO2S/c1-7(6-15-2)14-10(13)8-3-9(11)5-12-4-8/h3-5,7H,6H2,1-2H3/t7-/m1/s1. The van der Waals surface area contributed by atoms with Gasteiger partial charge in [-0.05, 0) is 35.2 Å². The Hall–Kier alpha value is -0.550. The van der Waals surface area contributed by atoms with Crippen molar-refractivity contribution in [3.05, 3.63) is 28.5 Å². The maximum absolute atomic E-state index is 11.6. The third-order valence-electron chi connectivity index (χ3n) is 1.65. The lowest BCUT2D eigenvalue weighted by atomic mass is 10.3. The summed E-state index contributed by atoms with van der Waals surface area (Å²) in [6, 6.07) is 1.70. The average Bonchev–Trinajstić information content (AvgIpc) is 2.18. The molecule has 15 heavy (non-hydrogen) atoms. The number of nitrogens with zero attached hydrogens (tertiary/aromatic N) is 1. The molecule has 0 aliphatic heterocycles. The van der Waals surface area contributed by atoms with Gasteiger partial charge in [0.1, 0.15) is 6.10 Å². The van der Waals surface area contributed by atoms with Crippen molar-refractivity contribution in [2.24, 2.45) is 0 Å². The highest BCUT2D eigenvalue weighted by Gasteiger charge is 2.11. The van der Waals surface area contributed by atoms with E-state index in [0.717, 1.165) is 10.2 Å². The van der Waals surface area contributed by atoms with Crippen molar-refractivity contribution in [1.82, 2.24) is 4.98 Å². The van der Waals surface area contributed by atoms with Crippen LogP contribution in [0, 0.1) is 0 Å². The number of hydrogen-bond donors (Lipinski definition) is 0. The summed E-state index contributed by atoms with van der Waals surface area (Å²) in [6.45, 7) is 1.87. The molecule has 0 amide bonds. The summed E-state index contributed by atoms with van der Waals surface area (Å²) in [5.74, 6) is 0.470. The van der Waals surface area contributed by atoms with Crippen LogP contribution < -0.4 is 0 Å². The van der Waals surface area contributed by atoms with E-state index in [2.05, 4.69) is 20.9 Å². The van der Waals surface area contributed by atoms with Crippen LogP contribution >= 0.6 is 27.7 Å². The molecule has 0 N–H and O–H groups in total. The monoisotopic (exact) mass is 289 g/mol. The van der Waals surface area contributed by atoms with Crippen molar-refractivity contribution < 1.29 is 9.53 Å². The van der Waals surface area contributed by atoms with Crippen molar-refractivity contribution in [3.8, 4) is 0 Å². The van der Waals surface area contributed by atoms with E-state index in [0.29, 0.717) is 5.56 Å². The zero-order valence-corrected chi connectivity index (χ0v) is 11.0. The zero-order chi connectivity index (χ0) is 11.3. The fourth-order valence-corrected chi connectivity index (χ4v) is 1.95. The van der Waals surface area contributed by atoms with Crippen molar-refractivity contribution >= 4 is 33.7 Å². The average molecular weight is 290 g/mol. The summed E-state index contributed by atoms with van der Waals surface area (Å²) in [6.07, 6.45) is 5.03. The van der Waals surface area contributed by atoms with Gasteiger partial charge in [0, 0.05) is 22.6 Å². The summed E-state index contributed by atoms with van der Waals surface area (Å²) < 4.78 is 5.98. The number of aromatic nitrogens is 1. The number of esters is 1. The molecule has 0 bridgehead atoms. The van der Waals surface area contributed by atoms with Crippen molar-refractivity contribution in [3.63, 3.8) is 0 Å². The fraction of sp³-hybridized carbons (Fsp3) is 0.400. The van der Waals surface area contributed by atoms with Gasteiger partial charge in [-0.15, -0.1) is 0 Å². The lowest BCUT2D eigenvalue weighted by Gasteiger charge is -2.11. The van der Waals surface area contributed by atoms with Gasteiger partial charge >= 0.3 is 5.97 Å². The minimum Gasteiger partial charge on any atom is -0.458 e. The smallest absolute Gasteiger partial charge is 0.340 e. The van der Waals surface area contributed by atoms with Crippen molar-refractivity contribution in [2.45, 2.75) is 13.0 Å². The predicted molar refractivity (Wildman–Crippen MR) is 65.2 cm³/mol. The molecule has 0 spiro atoms. The van der Waals surface area contributed by atoms with Gasteiger partial charge in [-0.1, -0.05) is 0 Å². The van der Waals surface area contributed by atoms with Gasteiger partial charge in [-0.25, -0.2) is 4.79 Å². The zero-order valence-electron chi connectivity index (χ0n) is 8.57. The quantitative estimate of drug-likeness (QED) is 0.799. The number of pyridine rings is 1. The summed E-state index contributed by atoms with van der Waals surface area (Å²) in [5.41, 5.74) is 0.470. The second kappa shape index (κ2) is 6.12. The number of rotatable bonds is 4. The molecule has 0 saturated carbocycles. The first kappa shape index (κ1) is 12.5. The highest BCUT2D eigenvalue weighted by molar-refractivity contribution is 9.10. The number of carbonyl (C=O) groups is 1. The maximum Gasteiger partial charge on any atom is 0.340 e. The SMILES string of the molecule is CSC[C@@H](C)OC(=O)c1cncc(Br)c1. The van der Waals surface area contributed by atoms with E-state index in [-0.39, 0.29) is 12.1 Å². The summed E-state index contributed by atoms with van der Waals surface area (Å²) >= 11 is 4.90. The molecule has 0 aromatic carbocycles. The molecular weight excluding hydrogens is 278 g/mol. The van der Waals surface area contributed by atoms with Gasteiger partial charge in [0.2, 0.25) is 0 Å². The topological polar surface area (TPSA) is 39.2 Å². The minimum absolute atomic E-state index is 0.0773. The van der Waals surface area contributed by atoms with Crippen LogP contribution in [0.25, 0.3) is 0 Å². The van der Waals surface area contributed by atoms with Gasteiger partial charge in [0.15, 0.2) is 0 Å². The van der Waals surface area contributed by atoms with Crippen LogP contribution in [-0.2, 0) is 4.74 Å².